The van der Waals surface area contributed by atoms with Crippen LogP contribution in [-0.4, -0.2) is 18.0 Å². The van der Waals surface area contributed by atoms with Gasteiger partial charge in [-0.15, -0.1) is 0 Å². The lowest BCUT2D eigenvalue weighted by Crippen LogP contribution is -2.12. The van der Waals surface area contributed by atoms with E-state index in [9.17, 15) is 4.79 Å². The second-order valence-corrected chi connectivity index (χ2v) is 6.03. The van der Waals surface area contributed by atoms with E-state index in [-0.39, 0.29) is 5.91 Å². The smallest absolute Gasteiger partial charge is 0.257 e. The number of aromatic nitrogens is 1. The molecule has 1 amide bonds. The Bertz CT molecular complexity index is 871. The third-order valence-electron chi connectivity index (χ3n) is 4.16. The first-order chi connectivity index (χ1) is 12.7. The summed E-state index contributed by atoms with van der Waals surface area (Å²) in [5, 5.41) is 2.91. The van der Waals surface area contributed by atoms with Gasteiger partial charge < -0.3 is 10.1 Å². The molecule has 1 aromatic heterocycles. The van der Waals surface area contributed by atoms with E-state index in [1.54, 1.807) is 19.4 Å². The predicted molar refractivity (Wildman–Crippen MR) is 105 cm³/mol. The van der Waals surface area contributed by atoms with Crippen molar-refractivity contribution in [1.82, 2.24) is 4.98 Å². The molecule has 1 heterocycles. The number of hydrogen-bond acceptors (Lipinski definition) is 3. The maximum Gasteiger partial charge on any atom is 0.257 e. The molecule has 3 rings (SSSR count). The summed E-state index contributed by atoms with van der Waals surface area (Å²) in [7, 11) is 1.63. The highest BCUT2D eigenvalue weighted by Crippen LogP contribution is 2.27. The molecule has 3 aromatic rings. The van der Waals surface area contributed by atoms with E-state index in [1.165, 1.54) is 5.56 Å². The Hall–Kier alpha value is -3.14. The van der Waals surface area contributed by atoms with Crippen molar-refractivity contribution in [3.05, 3.63) is 78.0 Å². The molecule has 0 bridgehead atoms. The second kappa shape index (κ2) is 8.30. The van der Waals surface area contributed by atoms with Crippen molar-refractivity contribution in [2.24, 2.45) is 0 Å². The molecule has 0 saturated heterocycles. The lowest BCUT2D eigenvalue weighted by molar-refractivity contribution is 0.102. The van der Waals surface area contributed by atoms with Crippen molar-refractivity contribution in [3.8, 4) is 17.0 Å². The number of carbonyl (C=O) groups is 1. The number of anilines is 1. The van der Waals surface area contributed by atoms with Gasteiger partial charge in [0.15, 0.2) is 0 Å². The number of nitrogens with zero attached hydrogens (tertiary/aromatic N) is 1. The molecule has 26 heavy (non-hydrogen) atoms. The first-order valence-corrected chi connectivity index (χ1v) is 8.71. The molecule has 4 heteroatoms. The van der Waals surface area contributed by atoms with Crippen molar-refractivity contribution < 1.29 is 9.53 Å². The van der Waals surface area contributed by atoms with E-state index < -0.39 is 0 Å². The molecular formula is C22H22N2O2. The van der Waals surface area contributed by atoms with Crippen LogP contribution < -0.4 is 10.1 Å². The van der Waals surface area contributed by atoms with Gasteiger partial charge in [-0.3, -0.25) is 9.78 Å². The van der Waals surface area contributed by atoms with Gasteiger partial charge in [-0.05, 0) is 48.4 Å². The molecule has 132 valence electrons. The zero-order chi connectivity index (χ0) is 18.4. The number of benzene rings is 2. The standard InChI is InChI=1S/C22H22N2O2/c1-3-6-16-9-12-18(13-10-16)24-22(25)17-11-14-20(23-15-17)19-7-4-5-8-21(19)26-2/h4-5,7-15H,3,6H2,1-2H3,(H,24,25). The monoisotopic (exact) mass is 346 g/mol. The maximum absolute atomic E-state index is 12.4. The average molecular weight is 346 g/mol. The number of rotatable bonds is 6. The summed E-state index contributed by atoms with van der Waals surface area (Å²) in [5.74, 6) is 0.580. The molecule has 0 unspecified atom stereocenters. The van der Waals surface area contributed by atoms with E-state index in [2.05, 4.69) is 17.2 Å². The van der Waals surface area contributed by atoms with E-state index in [1.807, 2.05) is 54.6 Å². The fourth-order valence-electron chi connectivity index (χ4n) is 2.79. The Labute approximate surface area is 153 Å². The van der Waals surface area contributed by atoms with Gasteiger partial charge in [0.05, 0.1) is 18.4 Å². The first kappa shape index (κ1) is 17.7. The third kappa shape index (κ3) is 4.09. The SMILES string of the molecule is CCCc1ccc(NC(=O)c2ccc(-c3ccccc3OC)nc2)cc1. The van der Waals surface area contributed by atoms with E-state index in [0.29, 0.717) is 5.56 Å². The molecule has 0 aliphatic carbocycles. The topological polar surface area (TPSA) is 51.2 Å². The number of aryl methyl sites for hydroxylation is 1. The normalized spacial score (nSPS) is 10.4. The Morgan fingerprint density at radius 1 is 1.04 bits per heavy atom. The number of pyridine rings is 1. The molecule has 1 N–H and O–H groups in total. The minimum absolute atomic E-state index is 0.174. The van der Waals surface area contributed by atoms with Crippen LogP contribution in [0.1, 0.15) is 29.3 Å². The minimum atomic E-state index is -0.174. The molecule has 0 fully saturated rings. The fraction of sp³-hybridized carbons (Fsp3) is 0.182. The number of methoxy groups -OCH3 is 1. The molecule has 0 aliphatic heterocycles. The number of para-hydroxylation sites is 1. The quantitative estimate of drug-likeness (QED) is 0.686. The number of nitrogens with one attached hydrogen (secondary N) is 1. The number of carbonyl (C=O) groups excluding carboxylic acids is 1. The Morgan fingerprint density at radius 3 is 2.46 bits per heavy atom. The Kier molecular flexibility index (Phi) is 5.64. The van der Waals surface area contributed by atoms with Gasteiger partial charge in [-0.2, -0.15) is 0 Å². The van der Waals surface area contributed by atoms with Crippen LogP contribution in [0.3, 0.4) is 0 Å². The lowest BCUT2D eigenvalue weighted by atomic mass is 10.1. The highest BCUT2D eigenvalue weighted by molar-refractivity contribution is 6.04. The number of amides is 1. The second-order valence-electron chi connectivity index (χ2n) is 6.03. The van der Waals surface area contributed by atoms with Crippen LogP contribution in [0.5, 0.6) is 5.75 Å². The van der Waals surface area contributed by atoms with Crippen LogP contribution in [0.15, 0.2) is 66.9 Å². The van der Waals surface area contributed by atoms with Crippen LogP contribution in [0.2, 0.25) is 0 Å². The summed E-state index contributed by atoms with van der Waals surface area (Å²) in [5.41, 5.74) is 4.23. The lowest BCUT2D eigenvalue weighted by Gasteiger charge is -2.09. The van der Waals surface area contributed by atoms with Crippen molar-refractivity contribution >= 4 is 11.6 Å². The zero-order valence-electron chi connectivity index (χ0n) is 15.0. The molecule has 4 nitrogen and oxygen atoms in total. The first-order valence-electron chi connectivity index (χ1n) is 8.71. The van der Waals surface area contributed by atoms with E-state index >= 15 is 0 Å². The molecule has 0 radical (unpaired) electrons. The fourth-order valence-corrected chi connectivity index (χ4v) is 2.79. The van der Waals surface area contributed by atoms with Crippen molar-refractivity contribution in [3.63, 3.8) is 0 Å². The average Bonchev–Trinajstić information content (AvgIpc) is 2.70. The van der Waals surface area contributed by atoms with Crippen LogP contribution in [0.4, 0.5) is 5.69 Å². The number of ether oxygens (including phenoxy) is 1. The van der Waals surface area contributed by atoms with Gasteiger partial charge in [-0.25, -0.2) is 0 Å². The Morgan fingerprint density at radius 2 is 1.81 bits per heavy atom. The summed E-state index contributed by atoms with van der Waals surface area (Å²) in [4.78, 5) is 16.8. The molecule has 2 aromatic carbocycles. The van der Waals surface area contributed by atoms with Gasteiger partial charge in [0, 0.05) is 17.4 Å². The highest BCUT2D eigenvalue weighted by atomic mass is 16.5. The van der Waals surface area contributed by atoms with E-state index in [4.69, 9.17) is 4.74 Å². The number of hydrogen-bond donors (Lipinski definition) is 1. The van der Waals surface area contributed by atoms with Crippen LogP contribution in [0.25, 0.3) is 11.3 Å². The van der Waals surface area contributed by atoms with E-state index in [0.717, 1.165) is 35.5 Å². The van der Waals surface area contributed by atoms with Gasteiger partial charge in [-0.1, -0.05) is 37.6 Å². The van der Waals surface area contributed by atoms with Gasteiger partial charge >= 0.3 is 0 Å². The Balaban J connectivity index is 1.72. The summed E-state index contributed by atoms with van der Waals surface area (Å²) in [6.07, 6.45) is 3.74. The van der Waals surface area contributed by atoms with Gasteiger partial charge in [0.2, 0.25) is 0 Å². The third-order valence-corrected chi connectivity index (χ3v) is 4.16. The maximum atomic E-state index is 12.4. The molecule has 0 saturated carbocycles. The predicted octanol–water partition coefficient (Wildman–Crippen LogP) is 4.96. The highest BCUT2D eigenvalue weighted by Gasteiger charge is 2.10. The molecule has 0 atom stereocenters. The van der Waals surface area contributed by atoms with Gasteiger partial charge in [0.25, 0.3) is 5.91 Å². The molecule has 0 spiro atoms. The molecule has 0 aliphatic rings. The van der Waals surface area contributed by atoms with Crippen LogP contribution in [-0.2, 0) is 6.42 Å². The summed E-state index contributed by atoms with van der Waals surface area (Å²) in [6, 6.07) is 19.2. The minimum Gasteiger partial charge on any atom is -0.496 e. The van der Waals surface area contributed by atoms with Crippen molar-refractivity contribution in [1.29, 1.82) is 0 Å². The largest absolute Gasteiger partial charge is 0.496 e. The van der Waals surface area contributed by atoms with Crippen LogP contribution in [0, 0.1) is 0 Å². The van der Waals surface area contributed by atoms with Crippen LogP contribution >= 0.6 is 0 Å². The zero-order valence-corrected chi connectivity index (χ0v) is 15.0. The van der Waals surface area contributed by atoms with Crippen molar-refractivity contribution in [2.45, 2.75) is 19.8 Å². The summed E-state index contributed by atoms with van der Waals surface area (Å²) in [6.45, 7) is 2.15. The van der Waals surface area contributed by atoms with Gasteiger partial charge in [0.1, 0.15) is 5.75 Å². The summed E-state index contributed by atoms with van der Waals surface area (Å²) < 4.78 is 5.36. The van der Waals surface area contributed by atoms with Crippen molar-refractivity contribution in [2.75, 3.05) is 12.4 Å². The summed E-state index contributed by atoms with van der Waals surface area (Å²) >= 11 is 0. The molecular weight excluding hydrogens is 324 g/mol.